The molecular formula is C13H19NO2S. The Hall–Kier alpha value is -1.00. The van der Waals surface area contributed by atoms with Gasteiger partial charge in [-0.25, -0.2) is 0 Å². The molecule has 2 N–H and O–H groups in total. The fraction of sp³-hybridized carbons (Fsp3) is 0.462. The normalized spacial score (nSPS) is 12.2. The van der Waals surface area contributed by atoms with Crippen molar-refractivity contribution in [2.75, 3.05) is 12.9 Å². The van der Waals surface area contributed by atoms with Crippen LogP contribution in [-0.4, -0.2) is 24.9 Å². The summed E-state index contributed by atoms with van der Waals surface area (Å²) in [5, 5.41) is 0. The first kappa shape index (κ1) is 14.1. The van der Waals surface area contributed by atoms with Gasteiger partial charge in [-0.05, 0) is 24.7 Å². The SMILES string of the molecule is COC(=O)C(N)CCSCc1cccc(C)c1. The van der Waals surface area contributed by atoms with Crippen LogP contribution >= 0.6 is 11.8 Å². The van der Waals surface area contributed by atoms with Crippen LogP contribution in [0, 0.1) is 6.92 Å². The minimum atomic E-state index is -0.495. The van der Waals surface area contributed by atoms with Crippen molar-refractivity contribution in [3.63, 3.8) is 0 Å². The highest BCUT2D eigenvalue weighted by atomic mass is 32.2. The second-order valence-corrected chi connectivity index (χ2v) is 5.07. The highest BCUT2D eigenvalue weighted by Crippen LogP contribution is 2.14. The molecule has 1 aromatic rings. The molecule has 0 saturated carbocycles. The average Bonchev–Trinajstić information content (AvgIpc) is 2.33. The van der Waals surface area contributed by atoms with E-state index in [4.69, 9.17) is 5.73 Å². The Kier molecular flexibility index (Phi) is 6.08. The van der Waals surface area contributed by atoms with Crippen LogP contribution in [0.2, 0.25) is 0 Å². The van der Waals surface area contributed by atoms with Gasteiger partial charge in [0.15, 0.2) is 0 Å². The molecule has 1 rings (SSSR count). The number of hydrogen-bond acceptors (Lipinski definition) is 4. The van der Waals surface area contributed by atoms with Crippen LogP contribution in [0.3, 0.4) is 0 Å². The number of esters is 1. The van der Waals surface area contributed by atoms with Gasteiger partial charge in [-0.3, -0.25) is 4.79 Å². The Morgan fingerprint density at radius 2 is 2.29 bits per heavy atom. The Morgan fingerprint density at radius 1 is 1.53 bits per heavy atom. The molecule has 0 aliphatic carbocycles. The van der Waals surface area contributed by atoms with Crippen molar-refractivity contribution in [2.24, 2.45) is 5.73 Å². The summed E-state index contributed by atoms with van der Waals surface area (Å²) < 4.78 is 4.57. The van der Waals surface area contributed by atoms with Crippen molar-refractivity contribution in [2.45, 2.75) is 25.1 Å². The maximum absolute atomic E-state index is 11.1. The Bertz CT molecular complexity index is 368. The van der Waals surface area contributed by atoms with E-state index in [-0.39, 0.29) is 5.97 Å². The lowest BCUT2D eigenvalue weighted by atomic mass is 10.2. The first-order valence-electron chi connectivity index (χ1n) is 5.60. The summed E-state index contributed by atoms with van der Waals surface area (Å²) >= 11 is 1.78. The monoisotopic (exact) mass is 253 g/mol. The van der Waals surface area contributed by atoms with E-state index in [2.05, 4.69) is 35.9 Å². The van der Waals surface area contributed by atoms with Gasteiger partial charge in [-0.2, -0.15) is 11.8 Å². The molecule has 0 amide bonds. The molecule has 4 heteroatoms. The van der Waals surface area contributed by atoms with Gasteiger partial charge in [0, 0.05) is 5.75 Å². The lowest BCUT2D eigenvalue weighted by Crippen LogP contribution is -2.31. The van der Waals surface area contributed by atoms with Crippen LogP contribution in [-0.2, 0) is 15.3 Å². The molecule has 0 aliphatic rings. The van der Waals surface area contributed by atoms with E-state index in [1.165, 1.54) is 18.2 Å². The molecule has 1 atom stereocenters. The third-order valence-corrected chi connectivity index (χ3v) is 3.49. The number of hydrogen-bond donors (Lipinski definition) is 1. The second-order valence-electron chi connectivity index (χ2n) is 3.96. The third kappa shape index (κ3) is 5.24. The molecule has 17 heavy (non-hydrogen) atoms. The van der Waals surface area contributed by atoms with Crippen molar-refractivity contribution in [1.29, 1.82) is 0 Å². The van der Waals surface area contributed by atoms with Gasteiger partial charge in [-0.1, -0.05) is 29.8 Å². The molecule has 0 aromatic heterocycles. The summed E-state index contributed by atoms with van der Waals surface area (Å²) in [4.78, 5) is 11.1. The maximum atomic E-state index is 11.1. The number of aryl methyl sites for hydroxylation is 1. The zero-order valence-electron chi connectivity index (χ0n) is 10.3. The molecule has 0 fully saturated rings. The highest BCUT2D eigenvalue weighted by molar-refractivity contribution is 7.98. The molecule has 0 saturated heterocycles. The minimum absolute atomic E-state index is 0.332. The van der Waals surface area contributed by atoms with Crippen molar-refractivity contribution >= 4 is 17.7 Å². The summed E-state index contributed by atoms with van der Waals surface area (Å²) in [6, 6.07) is 7.94. The number of ether oxygens (including phenoxy) is 1. The van der Waals surface area contributed by atoms with E-state index in [9.17, 15) is 4.79 Å². The van der Waals surface area contributed by atoms with Crippen LogP contribution in [0.15, 0.2) is 24.3 Å². The average molecular weight is 253 g/mol. The van der Waals surface area contributed by atoms with Gasteiger partial charge in [-0.15, -0.1) is 0 Å². The zero-order chi connectivity index (χ0) is 12.7. The predicted molar refractivity (Wildman–Crippen MR) is 71.9 cm³/mol. The molecule has 0 aliphatic heterocycles. The van der Waals surface area contributed by atoms with E-state index < -0.39 is 6.04 Å². The second kappa shape index (κ2) is 7.35. The summed E-state index contributed by atoms with van der Waals surface area (Å²) in [5.41, 5.74) is 8.22. The van der Waals surface area contributed by atoms with Crippen molar-refractivity contribution in [1.82, 2.24) is 0 Å². The standard InChI is InChI=1S/C13H19NO2S/c1-10-4-3-5-11(8-10)9-17-7-6-12(14)13(15)16-2/h3-5,8,12H,6-7,9,14H2,1-2H3. The van der Waals surface area contributed by atoms with Crippen molar-refractivity contribution in [3.05, 3.63) is 35.4 Å². The molecule has 0 bridgehead atoms. The first-order valence-corrected chi connectivity index (χ1v) is 6.75. The number of carbonyl (C=O) groups is 1. The van der Waals surface area contributed by atoms with Gasteiger partial charge >= 0.3 is 5.97 Å². The van der Waals surface area contributed by atoms with E-state index in [1.54, 1.807) is 11.8 Å². The molecule has 1 aromatic carbocycles. The predicted octanol–water partition coefficient (Wildman–Crippen LogP) is 2.12. The Balaban J connectivity index is 2.22. The van der Waals surface area contributed by atoms with Crippen LogP contribution in [0.1, 0.15) is 17.5 Å². The van der Waals surface area contributed by atoms with Gasteiger partial charge in [0.2, 0.25) is 0 Å². The molecule has 94 valence electrons. The van der Waals surface area contributed by atoms with Crippen LogP contribution in [0.4, 0.5) is 0 Å². The fourth-order valence-corrected chi connectivity index (χ4v) is 2.45. The van der Waals surface area contributed by atoms with E-state index in [0.717, 1.165) is 11.5 Å². The first-order chi connectivity index (χ1) is 8.13. The smallest absolute Gasteiger partial charge is 0.322 e. The van der Waals surface area contributed by atoms with Crippen LogP contribution in [0.5, 0.6) is 0 Å². The zero-order valence-corrected chi connectivity index (χ0v) is 11.1. The molecule has 0 spiro atoms. The van der Waals surface area contributed by atoms with Gasteiger partial charge < -0.3 is 10.5 Å². The van der Waals surface area contributed by atoms with Gasteiger partial charge in [0.25, 0.3) is 0 Å². The van der Waals surface area contributed by atoms with E-state index >= 15 is 0 Å². The minimum Gasteiger partial charge on any atom is -0.468 e. The summed E-state index contributed by atoms with van der Waals surface area (Å²) in [5.74, 6) is 1.49. The fourth-order valence-electron chi connectivity index (χ4n) is 1.47. The van der Waals surface area contributed by atoms with Gasteiger partial charge in [0.05, 0.1) is 7.11 Å². The summed E-state index contributed by atoms with van der Waals surface area (Å²) in [6.45, 7) is 2.08. The summed E-state index contributed by atoms with van der Waals surface area (Å²) in [7, 11) is 1.36. The molecule has 1 unspecified atom stereocenters. The number of thioether (sulfide) groups is 1. The summed E-state index contributed by atoms with van der Waals surface area (Å²) in [6.07, 6.45) is 0.656. The lowest BCUT2D eigenvalue weighted by Gasteiger charge is -2.08. The van der Waals surface area contributed by atoms with Crippen LogP contribution < -0.4 is 5.73 Å². The van der Waals surface area contributed by atoms with Gasteiger partial charge in [0.1, 0.15) is 6.04 Å². The molecular weight excluding hydrogens is 234 g/mol. The third-order valence-electron chi connectivity index (χ3n) is 2.43. The maximum Gasteiger partial charge on any atom is 0.322 e. The molecule has 0 radical (unpaired) electrons. The quantitative estimate of drug-likeness (QED) is 0.623. The number of benzene rings is 1. The largest absolute Gasteiger partial charge is 0.468 e. The highest BCUT2D eigenvalue weighted by Gasteiger charge is 2.12. The van der Waals surface area contributed by atoms with E-state index in [0.29, 0.717) is 6.42 Å². The number of nitrogens with two attached hydrogens (primary N) is 1. The molecule has 3 nitrogen and oxygen atoms in total. The van der Waals surface area contributed by atoms with Crippen molar-refractivity contribution in [3.8, 4) is 0 Å². The number of rotatable bonds is 6. The lowest BCUT2D eigenvalue weighted by molar-refractivity contribution is -0.142. The Labute approximate surface area is 107 Å². The Morgan fingerprint density at radius 3 is 2.94 bits per heavy atom. The molecule has 0 heterocycles. The van der Waals surface area contributed by atoms with Crippen LogP contribution in [0.25, 0.3) is 0 Å². The number of carbonyl (C=O) groups excluding carboxylic acids is 1. The van der Waals surface area contributed by atoms with E-state index in [1.807, 2.05) is 0 Å². The topological polar surface area (TPSA) is 52.3 Å². The number of methoxy groups -OCH3 is 1. The van der Waals surface area contributed by atoms with Crippen molar-refractivity contribution < 1.29 is 9.53 Å².